The van der Waals surface area contributed by atoms with Crippen molar-refractivity contribution in [1.82, 2.24) is 19.9 Å². The molecule has 2 heterocycles. The van der Waals surface area contributed by atoms with Gasteiger partial charge in [0.15, 0.2) is 5.82 Å². The second-order valence-corrected chi connectivity index (χ2v) is 7.38. The molecule has 0 amide bonds. The molecule has 1 atom stereocenters. The molecule has 1 aromatic carbocycles. The fraction of sp³-hybridized carbons (Fsp3) is 0.550. The maximum Gasteiger partial charge on any atom is 0.317 e. The van der Waals surface area contributed by atoms with E-state index in [1.54, 1.807) is 0 Å². The number of carbonyl (C=O) groups is 1. The van der Waals surface area contributed by atoms with Crippen LogP contribution in [-0.2, 0) is 17.8 Å². The molecular weight excluding hydrogens is 380 g/mol. The van der Waals surface area contributed by atoms with Gasteiger partial charge in [-0.1, -0.05) is 29.4 Å². The number of nitrogens with zero attached hydrogens (tertiary/aromatic N) is 4. The Morgan fingerprint density at radius 2 is 2.11 bits per heavy atom. The number of halogens is 1. The van der Waals surface area contributed by atoms with Gasteiger partial charge in [0.25, 0.3) is 0 Å². The monoisotopic (exact) mass is 408 g/mol. The molecule has 3 rings (SSSR count). The van der Waals surface area contributed by atoms with Gasteiger partial charge in [-0.05, 0) is 50.9 Å². The third kappa shape index (κ3) is 6.29. The number of hydrogen-bond acceptors (Lipinski definition) is 6. The second-order valence-electron chi connectivity index (χ2n) is 7.38. The van der Waals surface area contributed by atoms with Gasteiger partial charge in [0, 0.05) is 19.0 Å². The summed E-state index contributed by atoms with van der Waals surface area (Å²) in [5.74, 6) is 0.592. The van der Waals surface area contributed by atoms with Gasteiger partial charge in [-0.3, -0.25) is 14.6 Å². The van der Waals surface area contributed by atoms with Crippen LogP contribution in [0.5, 0.6) is 0 Å². The predicted octanol–water partition coefficient (Wildman–Crippen LogP) is 2.76. The largest absolute Gasteiger partial charge is 0.480 e. The van der Waals surface area contributed by atoms with Crippen LogP contribution in [0.15, 0.2) is 28.8 Å². The van der Waals surface area contributed by atoms with Gasteiger partial charge in [-0.25, -0.2) is 0 Å². The van der Waals surface area contributed by atoms with Crippen molar-refractivity contribution in [3.05, 3.63) is 47.1 Å². The van der Waals surface area contributed by atoms with Crippen molar-refractivity contribution >= 4 is 18.4 Å². The molecule has 2 aromatic rings. The first-order valence-electron chi connectivity index (χ1n) is 9.51. The number of aliphatic carboxylic acids is 1. The molecule has 1 aliphatic heterocycles. The van der Waals surface area contributed by atoms with Gasteiger partial charge in [0.2, 0.25) is 5.89 Å². The van der Waals surface area contributed by atoms with Crippen molar-refractivity contribution in [3.63, 3.8) is 0 Å². The first-order chi connectivity index (χ1) is 13.0. The van der Waals surface area contributed by atoms with E-state index in [1.165, 1.54) is 11.1 Å². The fourth-order valence-electron chi connectivity index (χ4n) is 3.68. The summed E-state index contributed by atoms with van der Waals surface area (Å²) in [7, 11) is 1.89. The summed E-state index contributed by atoms with van der Waals surface area (Å²) in [5.41, 5.74) is 2.44. The maximum atomic E-state index is 10.9. The van der Waals surface area contributed by atoms with Crippen molar-refractivity contribution in [2.75, 3.05) is 26.7 Å². The molecule has 28 heavy (non-hydrogen) atoms. The number of rotatable bonds is 7. The molecule has 1 fully saturated rings. The molecule has 1 saturated heterocycles. The second kappa shape index (κ2) is 10.5. The lowest BCUT2D eigenvalue weighted by molar-refractivity contribution is -0.138. The Bertz CT molecular complexity index is 767. The highest BCUT2D eigenvalue weighted by molar-refractivity contribution is 5.85. The molecule has 0 saturated carbocycles. The molecule has 0 radical (unpaired) electrons. The van der Waals surface area contributed by atoms with Gasteiger partial charge < -0.3 is 9.63 Å². The summed E-state index contributed by atoms with van der Waals surface area (Å²) in [5, 5.41) is 13.1. The minimum Gasteiger partial charge on any atom is -0.480 e. The number of likely N-dealkylation sites (N-methyl/N-ethyl adjacent to an activating group) is 1. The zero-order valence-electron chi connectivity index (χ0n) is 16.5. The number of aromatic nitrogens is 2. The molecule has 1 N–H and O–H groups in total. The fourth-order valence-corrected chi connectivity index (χ4v) is 3.68. The van der Waals surface area contributed by atoms with Crippen LogP contribution in [0.3, 0.4) is 0 Å². The molecule has 1 unspecified atom stereocenters. The first-order valence-corrected chi connectivity index (χ1v) is 9.51. The number of carboxylic acids is 1. The van der Waals surface area contributed by atoms with Crippen LogP contribution >= 0.6 is 12.4 Å². The zero-order valence-corrected chi connectivity index (χ0v) is 17.3. The van der Waals surface area contributed by atoms with E-state index in [1.807, 2.05) is 24.1 Å². The van der Waals surface area contributed by atoms with Crippen molar-refractivity contribution in [2.24, 2.45) is 0 Å². The van der Waals surface area contributed by atoms with Gasteiger partial charge in [-0.15, -0.1) is 12.4 Å². The molecule has 1 aromatic heterocycles. The molecule has 154 valence electrons. The molecule has 1 aliphatic rings. The minimum absolute atomic E-state index is 0. The average Bonchev–Trinajstić information content (AvgIpc) is 2.91. The topological polar surface area (TPSA) is 82.7 Å². The lowest BCUT2D eigenvalue weighted by atomic mass is 10.1. The summed E-state index contributed by atoms with van der Waals surface area (Å²) in [4.78, 5) is 19.7. The van der Waals surface area contributed by atoms with Crippen LogP contribution in [-0.4, -0.2) is 63.7 Å². The molecule has 0 spiro atoms. The predicted molar refractivity (Wildman–Crippen MR) is 109 cm³/mol. The molecule has 7 nitrogen and oxygen atoms in total. The van der Waals surface area contributed by atoms with Crippen molar-refractivity contribution in [1.29, 1.82) is 0 Å². The maximum absolute atomic E-state index is 10.9. The summed E-state index contributed by atoms with van der Waals surface area (Å²) in [6, 6.07) is 8.55. The van der Waals surface area contributed by atoms with Crippen LogP contribution in [0.4, 0.5) is 0 Å². The highest BCUT2D eigenvalue weighted by atomic mass is 35.5. The molecule has 0 aliphatic carbocycles. The van der Waals surface area contributed by atoms with E-state index < -0.39 is 5.97 Å². The Balaban J connectivity index is 0.00000280. The summed E-state index contributed by atoms with van der Waals surface area (Å²) in [6.07, 6.45) is 3.69. The minimum atomic E-state index is -0.773. The lowest BCUT2D eigenvalue weighted by Crippen LogP contribution is -2.36. The van der Waals surface area contributed by atoms with Crippen LogP contribution in [0.2, 0.25) is 0 Å². The van der Waals surface area contributed by atoms with Gasteiger partial charge in [0.1, 0.15) is 0 Å². The van der Waals surface area contributed by atoms with Crippen LogP contribution in [0, 0.1) is 6.92 Å². The van der Waals surface area contributed by atoms with E-state index in [0.29, 0.717) is 30.7 Å². The van der Waals surface area contributed by atoms with E-state index in [0.717, 1.165) is 32.4 Å². The van der Waals surface area contributed by atoms with E-state index in [-0.39, 0.29) is 19.0 Å². The SMILES string of the molecule is Cc1ccccc1Cc1noc(CN2CCCC(N(C)CC(=O)O)CC2)n1.Cl. The smallest absolute Gasteiger partial charge is 0.317 e. The quantitative estimate of drug-likeness (QED) is 0.754. The lowest BCUT2D eigenvalue weighted by Gasteiger charge is -2.25. The Labute approximate surface area is 172 Å². The van der Waals surface area contributed by atoms with Crippen molar-refractivity contribution in [2.45, 2.75) is 45.2 Å². The van der Waals surface area contributed by atoms with E-state index in [2.05, 4.69) is 34.1 Å². The van der Waals surface area contributed by atoms with Gasteiger partial charge in [0.05, 0.1) is 13.1 Å². The zero-order chi connectivity index (χ0) is 19.2. The third-order valence-corrected chi connectivity index (χ3v) is 5.28. The number of likely N-dealkylation sites (tertiary alicyclic amines) is 1. The van der Waals surface area contributed by atoms with Crippen LogP contribution in [0.1, 0.15) is 42.1 Å². The Kier molecular flexibility index (Phi) is 8.41. The van der Waals surface area contributed by atoms with Gasteiger partial charge >= 0.3 is 5.97 Å². The first kappa shape index (κ1) is 22.3. The number of carboxylic acid groups (broad SMARTS) is 1. The van der Waals surface area contributed by atoms with Gasteiger partial charge in [-0.2, -0.15) is 4.98 Å². The molecule has 0 bridgehead atoms. The summed E-state index contributed by atoms with van der Waals surface area (Å²) < 4.78 is 5.46. The van der Waals surface area contributed by atoms with Crippen LogP contribution < -0.4 is 0 Å². The summed E-state index contributed by atoms with van der Waals surface area (Å²) >= 11 is 0. The van der Waals surface area contributed by atoms with Crippen molar-refractivity contribution < 1.29 is 14.4 Å². The summed E-state index contributed by atoms with van der Waals surface area (Å²) in [6.45, 7) is 4.70. The third-order valence-electron chi connectivity index (χ3n) is 5.28. The van der Waals surface area contributed by atoms with Crippen molar-refractivity contribution in [3.8, 4) is 0 Å². The normalized spacial score (nSPS) is 17.9. The number of aryl methyl sites for hydroxylation is 1. The van der Waals surface area contributed by atoms with E-state index in [4.69, 9.17) is 9.63 Å². The molecule has 8 heteroatoms. The Morgan fingerprint density at radius 1 is 1.32 bits per heavy atom. The Hall–Kier alpha value is -1.96. The van der Waals surface area contributed by atoms with E-state index in [9.17, 15) is 4.79 Å². The standard InChI is InChI=1S/C20H28N4O3.ClH/c1-15-6-3-4-7-16(15)12-18-21-19(27-22-18)13-24-10-5-8-17(9-11-24)23(2)14-20(25)26;/h3-4,6-7,17H,5,8-14H2,1-2H3,(H,25,26);1H. The Morgan fingerprint density at radius 3 is 2.86 bits per heavy atom. The molecular formula is C20H29ClN4O3. The van der Waals surface area contributed by atoms with E-state index >= 15 is 0 Å². The van der Waals surface area contributed by atoms with Crippen LogP contribution in [0.25, 0.3) is 0 Å². The highest BCUT2D eigenvalue weighted by Gasteiger charge is 2.22. The number of benzene rings is 1. The number of hydrogen-bond donors (Lipinski definition) is 1. The highest BCUT2D eigenvalue weighted by Crippen LogP contribution is 2.18. The average molecular weight is 409 g/mol.